The molecule has 0 aliphatic carbocycles. The van der Waals surface area contributed by atoms with Crippen LogP contribution >= 0.6 is 11.6 Å². The van der Waals surface area contributed by atoms with E-state index in [0.717, 1.165) is 0 Å². The number of nitrogens with one attached hydrogen (secondary N) is 2. The number of sulfone groups is 1. The Labute approximate surface area is 197 Å². The van der Waals surface area contributed by atoms with Crippen molar-refractivity contribution in [1.29, 1.82) is 0 Å². The second-order valence-corrected chi connectivity index (χ2v) is 9.12. The number of benzene rings is 3. The maximum atomic E-state index is 13.2. The molecule has 1 amide bonds. The minimum absolute atomic E-state index is 0.0538. The van der Waals surface area contributed by atoms with Crippen molar-refractivity contribution < 1.29 is 27.4 Å². The summed E-state index contributed by atoms with van der Waals surface area (Å²) in [4.78, 5) is 12.5. The number of anilines is 2. The van der Waals surface area contributed by atoms with Crippen LogP contribution in [0.25, 0.3) is 0 Å². The Morgan fingerprint density at radius 3 is 2.27 bits per heavy atom. The summed E-state index contributed by atoms with van der Waals surface area (Å²) in [7, 11) is 0.450. The standard InChI is InChI=1S/C23H23ClN2O6S/c1-30-16-9-10-18(20(13-16)31-2)26-22(27)14-25-19-11-15(24)12-21(23(19)32-3)33(28,29)17-7-5-4-6-8-17/h4-13,25H,14H2,1-3H3,(H,26,27). The van der Waals surface area contributed by atoms with Gasteiger partial charge in [0, 0.05) is 11.1 Å². The molecule has 3 aromatic rings. The van der Waals surface area contributed by atoms with Crippen LogP contribution in [0.5, 0.6) is 17.2 Å². The largest absolute Gasteiger partial charge is 0.497 e. The number of amides is 1. The summed E-state index contributed by atoms with van der Waals surface area (Å²) in [5.74, 6) is 0.670. The van der Waals surface area contributed by atoms with E-state index in [-0.39, 0.29) is 32.8 Å². The second-order valence-electron chi connectivity index (χ2n) is 6.77. The number of hydrogen-bond donors (Lipinski definition) is 2. The average Bonchev–Trinajstić information content (AvgIpc) is 2.83. The van der Waals surface area contributed by atoms with Gasteiger partial charge >= 0.3 is 0 Å². The highest BCUT2D eigenvalue weighted by atomic mass is 35.5. The van der Waals surface area contributed by atoms with Gasteiger partial charge in [-0.05, 0) is 36.4 Å². The van der Waals surface area contributed by atoms with Crippen LogP contribution in [0.15, 0.2) is 70.5 Å². The Bertz CT molecular complexity index is 1250. The van der Waals surface area contributed by atoms with Crippen LogP contribution in [0.4, 0.5) is 11.4 Å². The summed E-state index contributed by atoms with van der Waals surface area (Å²) in [6.45, 7) is -0.184. The van der Waals surface area contributed by atoms with Crippen LogP contribution in [0.3, 0.4) is 0 Å². The van der Waals surface area contributed by atoms with Gasteiger partial charge in [-0.2, -0.15) is 0 Å². The summed E-state index contributed by atoms with van der Waals surface area (Å²) in [5, 5.41) is 5.80. The van der Waals surface area contributed by atoms with E-state index in [1.165, 1.54) is 45.6 Å². The number of carbonyl (C=O) groups excluding carboxylic acids is 1. The fourth-order valence-electron chi connectivity index (χ4n) is 3.11. The van der Waals surface area contributed by atoms with Crippen molar-refractivity contribution in [2.45, 2.75) is 9.79 Å². The van der Waals surface area contributed by atoms with Crippen molar-refractivity contribution >= 4 is 38.7 Å². The molecule has 2 N–H and O–H groups in total. The van der Waals surface area contributed by atoms with Crippen LogP contribution in [0.2, 0.25) is 5.02 Å². The molecule has 0 saturated heterocycles. The highest BCUT2D eigenvalue weighted by Crippen LogP contribution is 2.38. The number of rotatable bonds is 9. The van der Waals surface area contributed by atoms with Gasteiger partial charge in [-0.1, -0.05) is 29.8 Å². The van der Waals surface area contributed by atoms with E-state index in [9.17, 15) is 13.2 Å². The van der Waals surface area contributed by atoms with E-state index in [4.69, 9.17) is 25.8 Å². The number of methoxy groups -OCH3 is 3. The molecule has 0 saturated carbocycles. The average molecular weight is 491 g/mol. The van der Waals surface area contributed by atoms with E-state index in [2.05, 4.69) is 10.6 Å². The maximum absolute atomic E-state index is 13.2. The Balaban J connectivity index is 1.84. The molecule has 3 rings (SSSR count). The van der Waals surface area contributed by atoms with Gasteiger partial charge < -0.3 is 24.8 Å². The SMILES string of the molecule is COc1ccc(NC(=O)CNc2cc(Cl)cc(S(=O)(=O)c3ccccc3)c2OC)c(OC)c1. The number of carbonyl (C=O) groups is 1. The zero-order valence-electron chi connectivity index (χ0n) is 18.2. The third-order valence-electron chi connectivity index (χ3n) is 4.69. The molecule has 0 atom stereocenters. The lowest BCUT2D eigenvalue weighted by molar-refractivity contribution is -0.114. The Morgan fingerprint density at radius 2 is 1.64 bits per heavy atom. The summed E-state index contributed by atoms with van der Waals surface area (Å²) in [6, 6.07) is 15.7. The van der Waals surface area contributed by atoms with Gasteiger partial charge in [-0.3, -0.25) is 4.79 Å². The van der Waals surface area contributed by atoms with E-state index in [1.54, 1.807) is 36.4 Å². The van der Waals surface area contributed by atoms with E-state index >= 15 is 0 Å². The van der Waals surface area contributed by atoms with Crippen LogP contribution in [-0.4, -0.2) is 42.2 Å². The molecule has 0 bridgehead atoms. The smallest absolute Gasteiger partial charge is 0.243 e. The van der Waals surface area contributed by atoms with Gasteiger partial charge in [-0.25, -0.2) is 8.42 Å². The zero-order chi connectivity index (χ0) is 24.0. The van der Waals surface area contributed by atoms with Crippen LogP contribution in [0.1, 0.15) is 0 Å². The van der Waals surface area contributed by atoms with Crippen molar-refractivity contribution in [1.82, 2.24) is 0 Å². The van der Waals surface area contributed by atoms with Crippen LogP contribution < -0.4 is 24.8 Å². The van der Waals surface area contributed by atoms with Gasteiger partial charge in [0.05, 0.1) is 44.1 Å². The minimum atomic E-state index is -3.91. The first kappa shape index (κ1) is 24.2. The summed E-state index contributed by atoms with van der Waals surface area (Å²) >= 11 is 6.20. The lowest BCUT2D eigenvalue weighted by atomic mass is 10.2. The predicted molar refractivity (Wildman–Crippen MR) is 127 cm³/mol. The zero-order valence-corrected chi connectivity index (χ0v) is 19.8. The molecule has 3 aromatic carbocycles. The van der Waals surface area contributed by atoms with Gasteiger partial charge in [0.2, 0.25) is 15.7 Å². The maximum Gasteiger partial charge on any atom is 0.243 e. The third kappa shape index (κ3) is 5.50. The third-order valence-corrected chi connectivity index (χ3v) is 6.68. The molecule has 174 valence electrons. The van der Waals surface area contributed by atoms with Gasteiger partial charge in [0.15, 0.2) is 5.75 Å². The normalized spacial score (nSPS) is 10.9. The van der Waals surface area contributed by atoms with Crippen LogP contribution in [-0.2, 0) is 14.6 Å². The number of ether oxygens (including phenoxy) is 3. The fourth-order valence-corrected chi connectivity index (χ4v) is 4.88. The molecule has 0 unspecified atom stereocenters. The fraction of sp³-hybridized carbons (Fsp3) is 0.174. The quantitative estimate of drug-likeness (QED) is 0.462. The lowest BCUT2D eigenvalue weighted by Crippen LogP contribution is -2.22. The van der Waals surface area contributed by atoms with Crippen LogP contribution in [0, 0.1) is 0 Å². The highest BCUT2D eigenvalue weighted by Gasteiger charge is 2.25. The molecule has 0 aliphatic heterocycles. The number of hydrogen-bond acceptors (Lipinski definition) is 7. The lowest BCUT2D eigenvalue weighted by Gasteiger charge is -2.17. The van der Waals surface area contributed by atoms with Crippen molar-refractivity contribution in [2.24, 2.45) is 0 Å². The molecule has 8 nitrogen and oxygen atoms in total. The molecule has 0 spiro atoms. The van der Waals surface area contributed by atoms with Gasteiger partial charge in [0.25, 0.3) is 0 Å². The highest BCUT2D eigenvalue weighted by molar-refractivity contribution is 7.91. The first-order valence-corrected chi connectivity index (χ1v) is 11.6. The summed E-state index contributed by atoms with van der Waals surface area (Å²) < 4.78 is 42.1. The Hall–Kier alpha value is -3.43. The molecule has 0 radical (unpaired) electrons. The molecule has 10 heteroatoms. The minimum Gasteiger partial charge on any atom is -0.497 e. The molecular formula is C23H23ClN2O6S. The van der Waals surface area contributed by atoms with Crippen molar-refractivity contribution in [3.8, 4) is 17.2 Å². The molecule has 0 fully saturated rings. The molecule has 33 heavy (non-hydrogen) atoms. The predicted octanol–water partition coefficient (Wildman–Crippen LogP) is 4.25. The Morgan fingerprint density at radius 1 is 0.909 bits per heavy atom. The first-order valence-electron chi connectivity index (χ1n) is 9.73. The topological polar surface area (TPSA) is 103 Å². The monoisotopic (exact) mass is 490 g/mol. The van der Waals surface area contributed by atoms with Crippen molar-refractivity contribution in [2.75, 3.05) is 38.5 Å². The molecular weight excluding hydrogens is 468 g/mol. The molecule has 0 aliphatic rings. The molecule has 0 heterocycles. The number of halogens is 1. The van der Waals surface area contributed by atoms with E-state index in [0.29, 0.717) is 17.2 Å². The van der Waals surface area contributed by atoms with Crippen molar-refractivity contribution in [3.05, 3.63) is 65.7 Å². The van der Waals surface area contributed by atoms with Gasteiger partial charge in [-0.15, -0.1) is 0 Å². The van der Waals surface area contributed by atoms with Crippen molar-refractivity contribution in [3.63, 3.8) is 0 Å². The van der Waals surface area contributed by atoms with Gasteiger partial charge in [0.1, 0.15) is 16.4 Å². The summed E-state index contributed by atoms with van der Waals surface area (Å²) in [6.07, 6.45) is 0. The Kier molecular flexibility index (Phi) is 7.67. The first-order chi connectivity index (χ1) is 15.8. The van der Waals surface area contributed by atoms with E-state index in [1.807, 2.05) is 0 Å². The van der Waals surface area contributed by atoms with E-state index < -0.39 is 15.7 Å². The second kappa shape index (κ2) is 10.5. The summed E-state index contributed by atoms with van der Waals surface area (Å²) in [5.41, 5.74) is 0.715. The molecule has 0 aromatic heterocycles.